The lowest BCUT2D eigenvalue weighted by Gasteiger charge is -2.12. The van der Waals surface area contributed by atoms with E-state index in [2.05, 4.69) is 15.0 Å². The molecule has 0 fully saturated rings. The number of hydrogen-bond acceptors (Lipinski definition) is 7. The van der Waals surface area contributed by atoms with Crippen LogP contribution in [0.5, 0.6) is 0 Å². The number of ether oxygens (including phenoxy) is 1. The van der Waals surface area contributed by atoms with Crippen molar-refractivity contribution in [3.05, 3.63) is 56.2 Å². The number of hydrogen-bond donors (Lipinski definition) is 1. The smallest absolute Gasteiger partial charge is 0.331 e. The Hall–Kier alpha value is -3.27. The van der Waals surface area contributed by atoms with Crippen molar-refractivity contribution in [1.82, 2.24) is 14.1 Å². The van der Waals surface area contributed by atoms with Crippen LogP contribution >= 0.6 is 11.3 Å². The maximum absolute atomic E-state index is 12.7. The van der Waals surface area contributed by atoms with E-state index in [-0.39, 0.29) is 25.1 Å². The highest BCUT2D eigenvalue weighted by Crippen LogP contribution is 2.16. The molecule has 0 bridgehead atoms. The number of thiazole rings is 1. The molecule has 0 spiro atoms. The number of aromatic nitrogens is 3. The van der Waals surface area contributed by atoms with Crippen LogP contribution in [0.1, 0.15) is 12.6 Å². The summed E-state index contributed by atoms with van der Waals surface area (Å²) in [6.45, 7) is 1.62. The van der Waals surface area contributed by atoms with E-state index < -0.39 is 17.6 Å². The zero-order valence-corrected chi connectivity index (χ0v) is 16.1. The first-order valence-corrected chi connectivity index (χ1v) is 9.36. The summed E-state index contributed by atoms with van der Waals surface area (Å²) in [5, 5.41) is 4.94. The number of methoxy groups -OCH3 is 1. The van der Waals surface area contributed by atoms with Crippen LogP contribution in [0.3, 0.4) is 0 Å². The zero-order valence-electron chi connectivity index (χ0n) is 15.3. The van der Waals surface area contributed by atoms with Gasteiger partial charge in [0.25, 0.3) is 5.56 Å². The molecule has 0 unspecified atom stereocenters. The van der Waals surface area contributed by atoms with Gasteiger partial charge in [0.2, 0.25) is 5.91 Å². The first-order chi connectivity index (χ1) is 13.4. The van der Waals surface area contributed by atoms with Crippen molar-refractivity contribution in [2.75, 3.05) is 12.4 Å². The summed E-state index contributed by atoms with van der Waals surface area (Å²) >= 11 is 1.17. The van der Waals surface area contributed by atoms with Crippen molar-refractivity contribution in [2.45, 2.75) is 26.4 Å². The highest BCUT2D eigenvalue weighted by molar-refractivity contribution is 7.13. The number of rotatable bonds is 6. The van der Waals surface area contributed by atoms with Crippen LogP contribution in [0.25, 0.3) is 10.9 Å². The van der Waals surface area contributed by atoms with Crippen molar-refractivity contribution >= 4 is 39.2 Å². The summed E-state index contributed by atoms with van der Waals surface area (Å²) in [5.74, 6) is -0.893. The second-order valence-electron chi connectivity index (χ2n) is 5.88. The molecule has 2 aromatic heterocycles. The minimum absolute atomic E-state index is 0.00836. The molecule has 146 valence electrons. The van der Waals surface area contributed by atoms with Crippen LogP contribution in [-0.4, -0.2) is 33.1 Å². The van der Waals surface area contributed by atoms with Gasteiger partial charge in [-0.25, -0.2) is 9.78 Å². The topological polar surface area (TPSA) is 112 Å². The number of fused-ring (bicyclic) bond motifs is 1. The van der Waals surface area contributed by atoms with Gasteiger partial charge in [-0.05, 0) is 19.1 Å². The van der Waals surface area contributed by atoms with Crippen molar-refractivity contribution in [2.24, 2.45) is 0 Å². The molecule has 0 saturated heterocycles. The molecule has 28 heavy (non-hydrogen) atoms. The normalized spacial score (nSPS) is 10.8. The van der Waals surface area contributed by atoms with Gasteiger partial charge in [0.15, 0.2) is 5.13 Å². The third-order valence-electron chi connectivity index (χ3n) is 4.10. The molecule has 10 heteroatoms. The van der Waals surface area contributed by atoms with E-state index in [1.165, 1.54) is 23.0 Å². The fourth-order valence-electron chi connectivity index (χ4n) is 2.77. The third-order valence-corrected chi connectivity index (χ3v) is 4.91. The van der Waals surface area contributed by atoms with Gasteiger partial charge in [0.05, 0.1) is 30.1 Å². The van der Waals surface area contributed by atoms with Gasteiger partial charge >= 0.3 is 11.7 Å². The SMILES string of the molecule is CCn1c(=O)c2ccccc2n(CC(=O)Nc2nc(CC(=O)OC)cs2)c1=O. The number of amides is 1. The maximum Gasteiger partial charge on any atom is 0.331 e. The molecule has 0 aliphatic heterocycles. The van der Waals surface area contributed by atoms with Gasteiger partial charge < -0.3 is 10.1 Å². The average Bonchev–Trinajstić information content (AvgIpc) is 3.12. The van der Waals surface area contributed by atoms with Crippen LogP contribution < -0.4 is 16.6 Å². The largest absolute Gasteiger partial charge is 0.469 e. The fraction of sp³-hybridized carbons (Fsp3) is 0.278. The number of para-hydroxylation sites is 1. The fourth-order valence-corrected chi connectivity index (χ4v) is 3.50. The van der Waals surface area contributed by atoms with E-state index in [9.17, 15) is 19.2 Å². The summed E-state index contributed by atoms with van der Waals surface area (Å²) in [4.78, 5) is 53.0. The van der Waals surface area contributed by atoms with E-state index >= 15 is 0 Å². The monoisotopic (exact) mass is 402 g/mol. The lowest BCUT2D eigenvalue weighted by atomic mass is 10.2. The Morgan fingerprint density at radius 2 is 1.96 bits per heavy atom. The van der Waals surface area contributed by atoms with Gasteiger partial charge in [-0.15, -0.1) is 11.3 Å². The van der Waals surface area contributed by atoms with E-state index in [4.69, 9.17) is 0 Å². The van der Waals surface area contributed by atoms with Crippen LogP contribution in [0, 0.1) is 0 Å². The molecule has 0 aliphatic rings. The molecule has 3 aromatic rings. The Morgan fingerprint density at radius 1 is 1.21 bits per heavy atom. The average molecular weight is 402 g/mol. The number of carbonyl (C=O) groups excluding carboxylic acids is 2. The molecule has 1 aromatic carbocycles. The van der Waals surface area contributed by atoms with Gasteiger partial charge in [0.1, 0.15) is 6.54 Å². The predicted molar refractivity (Wildman–Crippen MR) is 105 cm³/mol. The van der Waals surface area contributed by atoms with Gasteiger partial charge in [-0.1, -0.05) is 12.1 Å². The maximum atomic E-state index is 12.7. The molecule has 1 N–H and O–H groups in total. The van der Waals surface area contributed by atoms with Crippen LogP contribution in [0.15, 0.2) is 39.2 Å². The van der Waals surface area contributed by atoms with Crippen molar-refractivity contribution < 1.29 is 14.3 Å². The summed E-state index contributed by atoms with van der Waals surface area (Å²) in [6, 6.07) is 6.66. The Balaban J connectivity index is 1.87. The Labute approximate surface area is 163 Å². The van der Waals surface area contributed by atoms with E-state index in [1.807, 2.05) is 0 Å². The second-order valence-corrected chi connectivity index (χ2v) is 6.74. The number of benzene rings is 1. The zero-order chi connectivity index (χ0) is 20.3. The number of anilines is 1. The third kappa shape index (κ3) is 3.86. The predicted octanol–water partition coefficient (Wildman–Crippen LogP) is 0.994. The van der Waals surface area contributed by atoms with Gasteiger partial charge in [0, 0.05) is 11.9 Å². The molecule has 0 radical (unpaired) electrons. The molecular weight excluding hydrogens is 384 g/mol. The van der Waals surface area contributed by atoms with Crippen molar-refractivity contribution in [1.29, 1.82) is 0 Å². The Bertz CT molecular complexity index is 1160. The van der Waals surface area contributed by atoms with Crippen molar-refractivity contribution in [3.8, 4) is 0 Å². The van der Waals surface area contributed by atoms with Crippen LogP contribution in [0.2, 0.25) is 0 Å². The summed E-state index contributed by atoms with van der Waals surface area (Å²) < 4.78 is 6.93. The molecule has 1 amide bonds. The molecule has 9 nitrogen and oxygen atoms in total. The minimum Gasteiger partial charge on any atom is -0.469 e. The van der Waals surface area contributed by atoms with Gasteiger partial charge in [-0.2, -0.15) is 0 Å². The lowest BCUT2D eigenvalue weighted by molar-refractivity contribution is -0.139. The first kappa shape index (κ1) is 19.5. The van der Waals surface area contributed by atoms with Gasteiger partial charge in [-0.3, -0.25) is 23.5 Å². The molecule has 0 aliphatic carbocycles. The summed E-state index contributed by atoms with van der Waals surface area (Å²) in [5.41, 5.74) is -0.0591. The molecule has 3 rings (SSSR count). The van der Waals surface area contributed by atoms with Crippen LogP contribution in [-0.2, 0) is 33.8 Å². The number of nitrogens with zero attached hydrogens (tertiary/aromatic N) is 3. The van der Waals surface area contributed by atoms with Crippen molar-refractivity contribution in [3.63, 3.8) is 0 Å². The second kappa shape index (κ2) is 8.17. The first-order valence-electron chi connectivity index (χ1n) is 8.48. The number of carbonyl (C=O) groups is 2. The van der Waals surface area contributed by atoms with E-state index in [0.29, 0.717) is 21.7 Å². The number of esters is 1. The van der Waals surface area contributed by atoms with Crippen LogP contribution in [0.4, 0.5) is 5.13 Å². The van der Waals surface area contributed by atoms with E-state index in [0.717, 1.165) is 4.57 Å². The highest BCUT2D eigenvalue weighted by atomic mass is 32.1. The molecule has 0 saturated carbocycles. The summed E-state index contributed by atoms with van der Waals surface area (Å²) in [6.07, 6.45) is 0.00836. The Morgan fingerprint density at radius 3 is 2.68 bits per heavy atom. The molecule has 2 heterocycles. The standard InChI is InChI=1S/C18H18N4O5S/c1-3-21-16(25)12-6-4-5-7-13(12)22(18(21)26)9-14(23)20-17-19-11(10-28-17)8-15(24)27-2/h4-7,10H,3,8-9H2,1-2H3,(H,19,20,23). The molecular formula is C18H18N4O5S. The lowest BCUT2D eigenvalue weighted by Crippen LogP contribution is -2.41. The number of nitrogens with one attached hydrogen (secondary N) is 1. The summed E-state index contributed by atoms with van der Waals surface area (Å²) in [7, 11) is 1.29. The minimum atomic E-state index is -0.549. The highest BCUT2D eigenvalue weighted by Gasteiger charge is 2.15. The Kier molecular flexibility index (Phi) is 5.69. The van der Waals surface area contributed by atoms with E-state index in [1.54, 1.807) is 36.6 Å². The quantitative estimate of drug-likeness (QED) is 0.616. The molecule has 0 atom stereocenters.